The van der Waals surface area contributed by atoms with Gasteiger partial charge in [-0.15, -0.1) is 11.3 Å². The van der Waals surface area contributed by atoms with Crippen LogP contribution in [0.2, 0.25) is 0 Å². The minimum absolute atomic E-state index is 0.0643. The summed E-state index contributed by atoms with van der Waals surface area (Å²) in [5.41, 5.74) is 9.31. The van der Waals surface area contributed by atoms with Crippen molar-refractivity contribution < 1.29 is 5.11 Å². The molecule has 2 aromatic rings. The zero-order valence-corrected chi connectivity index (χ0v) is 13.5. The second kappa shape index (κ2) is 6.18. The van der Waals surface area contributed by atoms with Crippen molar-refractivity contribution in [3.8, 4) is 0 Å². The molecule has 0 amide bonds. The summed E-state index contributed by atoms with van der Waals surface area (Å²) < 4.78 is 1.07. The van der Waals surface area contributed by atoms with Crippen molar-refractivity contribution in [3.63, 3.8) is 0 Å². The van der Waals surface area contributed by atoms with Gasteiger partial charge < -0.3 is 10.8 Å². The Morgan fingerprint density at radius 2 is 1.89 bits per heavy atom. The topological polar surface area (TPSA) is 46.2 Å². The van der Waals surface area contributed by atoms with Crippen LogP contribution in [0.3, 0.4) is 0 Å². The van der Waals surface area contributed by atoms with Crippen LogP contribution >= 0.6 is 27.3 Å². The molecule has 2 atom stereocenters. The fraction of sp³-hybridized carbons (Fsp3) is 0.333. The second-order valence-corrected chi connectivity index (χ2v) is 7.20. The smallest absolute Gasteiger partial charge is 0.0962 e. The monoisotopic (exact) mass is 339 g/mol. The maximum absolute atomic E-state index is 10.6. The molecule has 102 valence electrons. The molecule has 2 nitrogen and oxygen atoms in total. The normalized spacial score (nSPS) is 14.4. The summed E-state index contributed by atoms with van der Waals surface area (Å²) >= 11 is 5.07. The molecule has 1 aromatic heterocycles. The molecule has 0 aliphatic heterocycles. The van der Waals surface area contributed by atoms with Gasteiger partial charge in [0.05, 0.1) is 9.89 Å². The van der Waals surface area contributed by atoms with E-state index in [2.05, 4.69) is 35.0 Å². The lowest BCUT2D eigenvalue weighted by Gasteiger charge is -2.21. The van der Waals surface area contributed by atoms with Crippen molar-refractivity contribution in [2.24, 2.45) is 5.73 Å². The molecule has 0 aliphatic rings. The van der Waals surface area contributed by atoms with E-state index >= 15 is 0 Å². The highest BCUT2D eigenvalue weighted by Gasteiger charge is 2.23. The van der Waals surface area contributed by atoms with Crippen molar-refractivity contribution >= 4 is 27.3 Å². The third-order valence-corrected chi connectivity index (χ3v) is 5.52. The predicted octanol–water partition coefficient (Wildman–Crippen LogP) is 3.90. The maximum atomic E-state index is 10.6. The van der Waals surface area contributed by atoms with Gasteiger partial charge in [0.1, 0.15) is 0 Å². The Balaban J connectivity index is 2.28. The number of aryl methyl sites for hydroxylation is 2. The third kappa shape index (κ3) is 3.26. The number of hydrogen-bond donors (Lipinski definition) is 2. The van der Waals surface area contributed by atoms with Gasteiger partial charge in [0.2, 0.25) is 0 Å². The van der Waals surface area contributed by atoms with Gasteiger partial charge in [-0.05, 0) is 47.0 Å². The highest BCUT2D eigenvalue weighted by molar-refractivity contribution is 9.11. The number of benzene rings is 1. The van der Waals surface area contributed by atoms with E-state index in [4.69, 9.17) is 5.73 Å². The molecular formula is C15H18BrNOS. The fourth-order valence-electron chi connectivity index (χ4n) is 2.09. The van der Waals surface area contributed by atoms with Crippen LogP contribution in [-0.2, 0) is 0 Å². The molecule has 0 bridgehead atoms. The molecule has 4 heteroatoms. The summed E-state index contributed by atoms with van der Waals surface area (Å²) in [5.74, 6) is -0.0643. The highest BCUT2D eigenvalue weighted by atomic mass is 79.9. The third-order valence-electron chi connectivity index (χ3n) is 3.31. The van der Waals surface area contributed by atoms with Crippen LogP contribution < -0.4 is 5.73 Å². The number of thiophene rings is 1. The van der Waals surface area contributed by atoms with E-state index in [-0.39, 0.29) is 5.92 Å². The summed E-state index contributed by atoms with van der Waals surface area (Å²) in [6.45, 7) is 4.51. The standard InChI is InChI=1S/C15H18BrNOS/c1-9-3-5-11(6-4-9)12(8-17)14(18)13-7-10(2)15(16)19-13/h3-7,12,14,18H,8,17H2,1-2H3. The minimum atomic E-state index is -0.553. The average Bonchev–Trinajstić information content (AvgIpc) is 2.73. The first-order valence-electron chi connectivity index (χ1n) is 6.23. The van der Waals surface area contributed by atoms with Crippen molar-refractivity contribution in [3.05, 3.63) is 55.7 Å². The second-order valence-electron chi connectivity index (χ2n) is 4.80. The number of aliphatic hydroxyl groups excluding tert-OH is 1. The molecule has 0 radical (unpaired) electrons. The van der Waals surface area contributed by atoms with Gasteiger partial charge in [-0.2, -0.15) is 0 Å². The van der Waals surface area contributed by atoms with Crippen molar-refractivity contribution in [1.82, 2.24) is 0 Å². The van der Waals surface area contributed by atoms with Gasteiger partial charge >= 0.3 is 0 Å². The Kier molecular flexibility index (Phi) is 4.79. The number of hydrogen-bond acceptors (Lipinski definition) is 3. The molecule has 1 aromatic carbocycles. The Hall–Kier alpha value is -0.680. The van der Waals surface area contributed by atoms with Gasteiger partial charge in [-0.3, -0.25) is 0 Å². The minimum Gasteiger partial charge on any atom is -0.387 e. The van der Waals surface area contributed by atoms with E-state index in [9.17, 15) is 5.11 Å². The molecule has 0 saturated heterocycles. The van der Waals surface area contributed by atoms with Gasteiger partial charge in [-0.25, -0.2) is 0 Å². The molecule has 2 rings (SSSR count). The van der Waals surface area contributed by atoms with Crippen molar-refractivity contribution in [2.45, 2.75) is 25.9 Å². The maximum Gasteiger partial charge on any atom is 0.0962 e. The van der Waals surface area contributed by atoms with Crippen LogP contribution in [0.15, 0.2) is 34.1 Å². The summed E-state index contributed by atoms with van der Waals surface area (Å²) in [6, 6.07) is 10.2. The van der Waals surface area contributed by atoms with Gasteiger partial charge in [-0.1, -0.05) is 29.8 Å². The summed E-state index contributed by atoms with van der Waals surface area (Å²) in [7, 11) is 0. The highest BCUT2D eigenvalue weighted by Crippen LogP contribution is 2.37. The van der Waals surface area contributed by atoms with E-state index < -0.39 is 6.10 Å². The largest absolute Gasteiger partial charge is 0.387 e. The first-order chi connectivity index (χ1) is 9.02. The lowest BCUT2D eigenvalue weighted by atomic mass is 9.92. The first kappa shape index (κ1) is 14.7. The number of halogens is 1. The number of rotatable bonds is 4. The molecule has 0 aliphatic carbocycles. The fourth-order valence-corrected chi connectivity index (χ4v) is 3.71. The van der Waals surface area contributed by atoms with Crippen molar-refractivity contribution in [1.29, 1.82) is 0 Å². The zero-order chi connectivity index (χ0) is 14.0. The molecule has 3 N–H and O–H groups in total. The molecule has 0 spiro atoms. The van der Waals surface area contributed by atoms with E-state index in [0.717, 1.165) is 19.8 Å². The van der Waals surface area contributed by atoms with Crippen molar-refractivity contribution in [2.75, 3.05) is 6.54 Å². The summed E-state index contributed by atoms with van der Waals surface area (Å²) in [5, 5.41) is 10.6. The Morgan fingerprint density at radius 1 is 1.26 bits per heavy atom. The zero-order valence-electron chi connectivity index (χ0n) is 11.1. The van der Waals surface area contributed by atoms with Gasteiger partial charge in [0.15, 0.2) is 0 Å². The van der Waals surface area contributed by atoms with Crippen LogP contribution in [0.1, 0.15) is 33.6 Å². The Bertz CT molecular complexity index is 530. The lowest BCUT2D eigenvalue weighted by molar-refractivity contribution is 0.151. The number of aliphatic hydroxyl groups is 1. The van der Waals surface area contributed by atoms with E-state index in [0.29, 0.717) is 6.54 Å². The molecule has 0 saturated carbocycles. The molecular weight excluding hydrogens is 322 g/mol. The van der Waals surface area contributed by atoms with Crippen LogP contribution in [0.4, 0.5) is 0 Å². The lowest BCUT2D eigenvalue weighted by Crippen LogP contribution is -2.19. The molecule has 2 unspecified atom stereocenters. The summed E-state index contributed by atoms with van der Waals surface area (Å²) in [4.78, 5) is 0.959. The molecule has 19 heavy (non-hydrogen) atoms. The summed E-state index contributed by atoms with van der Waals surface area (Å²) in [6.07, 6.45) is -0.553. The van der Waals surface area contributed by atoms with Crippen LogP contribution in [0, 0.1) is 13.8 Å². The van der Waals surface area contributed by atoms with E-state index in [1.165, 1.54) is 5.56 Å². The Morgan fingerprint density at radius 3 is 2.37 bits per heavy atom. The van der Waals surface area contributed by atoms with Crippen LogP contribution in [0.25, 0.3) is 0 Å². The predicted molar refractivity (Wildman–Crippen MR) is 84.7 cm³/mol. The molecule has 0 fully saturated rings. The SMILES string of the molecule is Cc1ccc(C(CN)C(O)c2cc(C)c(Br)s2)cc1. The van der Waals surface area contributed by atoms with E-state index in [1.807, 2.05) is 25.1 Å². The van der Waals surface area contributed by atoms with Gasteiger partial charge in [0.25, 0.3) is 0 Å². The van der Waals surface area contributed by atoms with E-state index in [1.54, 1.807) is 11.3 Å². The molecule has 1 heterocycles. The van der Waals surface area contributed by atoms with Crippen LogP contribution in [0.5, 0.6) is 0 Å². The first-order valence-corrected chi connectivity index (χ1v) is 7.84. The van der Waals surface area contributed by atoms with Crippen LogP contribution in [-0.4, -0.2) is 11.7 Å². The van der Waals surface area contributed by atoms with Gasteiger partial charge in [0, 0.05) is 17.3 Å². The average molecular weight is 340 g/mol. The quantitative estimate of drug-likeness (QED) is 0.887. The number of nitrogens with two attached hydrogens (primary N) is 1. The Labute approximate surface area is 126 Å².